The molecule has 2 aliphatic carbocycles. The molecule has 2 aliphatic heterocycles. The minimum Gasteiger partial charge on any atom is -0.493 e. The molecule has 0 saturated carbocycles. The van der Waals surface area contributed by atoms with Crippen LogP contribution in [-0.4, -0.2) is 48.7 Å². The first-order valence-electron chi connectivity index (χ1n) is 9.47. The molecular formula is C21H23NO5. The van der Waals surface area contributed by atoms with Gasteiger partial charge in [-0.1, -0.05) is 12.1 Å². The summed E-state index contributed by atoms with van der Waals surface area (Å²) < 4.78 is 17.6. The van der Waals surface area contributed by atoms with Crippen LogP contribution >= 0.6 is 0 Å². The maximum absolute atomic E-state index is 12.3. The van der Waals surface area contributed by atoms with Gasteiger partial charge in [-0.3, -0.25) is 9.59 Å². The van der Waals surface area contributed by atoms with Gasteiger partial charge in [0.1, 0.15) is 6.10 Å². The number of carbonyl (C=O) groups is 2. The fraction of sp³-hybridized carbons (Fsp3) is 0.524. The average molecular weight is 369 g/mol. The van der Waals surface area contributed by atoms with Crippen molar-refractivity contribution in [3.05, 3.63) is 35.4 Å². The van der Waals surface area contributed by atoms with Crippen LogP contribution in [-0.2, 0) is 26.2 Å². The predicted octanol–water partition coefficient (Wildman–Crippen LogP) is 1.99. The number of likely N-dealkylation sites (tertiary alicyclic amines) is 1. The van der Waals surface area contributed by atoms with Gasteiger partial charge in [0.05, 0.1) is 12.5 Å². The normalized spacial score (nSPS) is 34.6. The molecule has 6 heteroatoms. The van der Waals surface area contributed by atoms with E-state index in [1.807, 2.05) is 17.0 Å². The summed E-state index contributed by atoms with van der Waals surface area (Å²) in [6.45, 7) is 3.75. The molecule has 0 radical (unpaired) electrons. The number of benzene rings is 1. The molecule has 27 heavy (non-hydrogen) atoms. The fourth-order valence-electron chi connectivity index (χ4n) is 5.87. The summed E-state index contributed by atoms with van der Waals surface area (Å²) in [5, 5.41) is 0. The standard InChI is InChI=1S/C21H23NO5/c1-11(23)22-9-8-21-14-5-7-17(26-12(2)24)20(21)27-19-16(25-3)6-4-13(18(19)21)10-15(14)22/h4-7,14-15,17,20H,8-10H2,1-3H3/t14-,15?,17-,20-,21-/m0/s1. The third-order valence-corrected chi connectivity index (χ3v) is 6.76. The summed E-state index contributed by atoms with van der Waals surface area (Å²) in [4.78, 5) is 25.9. The number of ether oxygens (including phenoxy) is 3. The van der Waals surface area contributed by atoms with Crippen LogP contribution in [0.5, 0.6) is 11.5 Å². The van der Waals surface area contributed by atoms with Crippen LogP contribution in [0.15, 0.2) is 24.3 Å². The van der Waals surface area contributed by atoms with Crippen LogP contribution < -0.4 is 9.47 Å². The molecule has 1 saturated heterocycles. The van der Waals surface area contributed by atoms with E-state index in [0.717, 1.165) is 18.6 Å². The molecule has 1 fully saturated rings. The molecule has 4 aliphatic rings. The van der Waals surface area contributed by atoms with Crippen molar-refractivity contribution >= 4 is 11.9 Å². The van der Waals surface area contributed by atoms with E-state index in [9.17, 15) is 9.59 Å². The van der Waals surface area contributed by atoms with Crippen LogP contribution in [0.4, 0.5) is 0 Å². The Hall–Kier alpha value is -2.50. The quantitative estimate of drug-likeness (QED) is 0.589. The number of piperidine rings is 1. The minimum absolute atomic E-state index is 0.101. The number of methoxy groups -OCH3 is 1. The summed E-state index contributed by atoms with van der Waals surface area (Å²) in [6.07, 6.45) is 4.94. The molecule has 142 valence electrons. The van der Waals surface area contributed by atoms with Crippen LogP contribution in [0.25, 0.3) is 0 Å². The maximum Gasteiger partial charge on any atom is 0.303 e. The van der Waals surface area contributed by atoms with Crippen LogP contribution in [0.2, 0.25) is 0 Å². The fourth-order valence-corrected chi connectivity index (χ4v) is 5.87. The Morgan fingerprint density at radius 3 is 2.78 bits per heavy atom. The first kappa shape index (κ1) is 16.7. The van der Waals surface area contributed by atoms with Crippen molar-refractivity contribution in [1.29, 1.82) is 0 Å². The molecule has 6 nitrogen and oxygen atoms in total. The van der Waals surface area contributed by atoms with Gasteiger partial charge in [-0.15, -0.1) is 0 Å². The minimum atomic E-state index is -0.439. The Kier molecular flexibility index (Phi) is 3.39. The molecule has 5 rings (SSSR count). The van der Waals surface area contributed by atoms with Gasteiger partial charge in [-0.05, 0) is 30.5 Å². The topological polar surface area (TPSA) is 65.1 Å². The lowest BCUT2D eigenvalue weighted by Crippen LogP contribution is -2.66. The molecule has 0 N–H and O–H groups in total. The van der Waals surface area contributed by atoms with Crippen LogP contribution in [0.3, 0.4) is 0 Å². The zero-order valence-corrected chi connectivity index (χ0v) is 15.7. The number of nitrogens with zero attached hydrogens (tertiary/aromatic N) is 1. The number of rotatable bonds is 2. The summed E-state index contributed by atoms with van der Waals surface area (Å²) in [7, 11) is 1.64. The Balaban J connectivity index is 1.72. The second kappa shape index (κ2) is 5.50. The second-order valence-electron chi connectivity index (χ2n) is 7.93. The van der Waals surface area contributed by atoms with Crippen molar-refractivity contribution in [3.8, 4) is 11.5 Å². The molecule has 1 unspecified atom stereocenters. The highest BCUT2D eigenvalue weighted by molar-refractivity contribution is 5.75. The van der Waals surface area contributed by atoms with E-state index >= 15 is 0 Å². The van der Waals surface area contributed by atoms with Gasteiger partial charge >= 0.3 is 5.97 Å². The third-order valence-electron chi connectivity index (χ3n) is 6.76. The van der Waals surface area contributed by atoms with Crippen molar-refractivity contribution in [3.63, 3.8) is 0 Å². The molecular weight excluding hydrogens is 346 g/mol. The molecule has 0 aromatic heterocycles. The monoisotopic (exact) mass is 369 g/mol. The van der Waals surface area contributed by atoms with Gasteiger partial charge in [0, 0.05) is 37.9 Å². The molecule has 1 aromatic rings. The van der Waals surface area contributed by atoms with Crippen LogP contribution in [0.1, 0.15) is 31.4 Å². The Bertz CT molecular complexity index is 878. The van der Waals surface area contributed by atoms with Gasteiger partial charge in [0.25, 0.3) is 0 Å². The molecule has 2 heterocycles. The van der Waals surface area contributed by atoms with Gasteiger partial charge < -0.3 is 19.1 Å². The van der Waals surface area contributed by atoms with E-state index < -0.39 is 6.10 Å². The highest BCUT2D eigenvalue weighted by Crippen LogP contribution is 2.62. The van der Waals surface area contributed by atoms with Gasteiger partial charge in [-0.25, -0.2) is 0 Å². The SMILES string of the molecule is COc1ccc2c3c1O[C@H]1[C@@H](OC(C)=O)C=C[C@H]4C(C2)N(C(C)=O)CC[C@@]341. The largest absolute Gasteiger partial charge is 0.493 e. The molecule has 2 bridgehead atoms. The first-order valence-corrected chi connectivity index (χ1v) is 9.47. The van der Waals surface area contributed by atoms with E-state index in [2.05, 4.69) is 12.1 Å². The Morgan fingerprint density at radius 2 is 2.07 bits per heavy atom. The molecule has 5 atom stereocenters. The van der Waals surface area contributed by atoms with Gasteiger partial charge in [-0.2, -0.15) is 0 Å². The van der Waals surface area contributed by atoms with Crippen molar-refractivity contribution in [1.82, 2.24) is 4.90 Å². The zero-order valence-electron chi connectivity index (χ0n) is 15.7. The van der Waals surface area contributed by atoms with E-state index in [1.165, 1.54) is 18.1 Å². The number of carbonyl (C=O) groups excluding carboxylic acids is 2. The zero-order chi connectivity index (χ0) is 18.9. The van der Waals surface area contributed by atoms with Crippen molar-refractivity contribution in [2.24, 2.45) is 5.92 Å². The highest BCUT2D eigenvalue weighted by atomic mass is 16.6. The van der Waals surface area contributed by atoms with E-state index in [1.54, 1.807) is 14.0 Å². The second-order valence-corrected chi connectivity index (χ2v) is 7.93. The van der Waals surface area contributed by atoms with Crippen molar-refractivity contribution in [2.45, 2.75) is 50.4 Å². The van der Waals surface area contributed by atoms with E-state index in [-0.39, 0.29) is 35.4 Å². The smallest absolute Gasteiger partial charge is 0.303 e. The van der Waals surface area contributed by atoms with E-state index in [0.29, 0.717) is 12.3 Å². The number of hydrogen-bond acceptors (Lipinski definition) is 5. The van der Waals surface area contributed by atoms with Gasteiger partial charge in [0.2, 0.25) is 5.91 Å². The number of amides is 1. The third kappa shape index (κ3) is 2.01. The Labute approximate surface area is 158 Å². The van der Waals surface area contributed by atoms with Gasteiger partial charge in [0.15, 0.2) is 17.6 Å². The lowest BCUT2D eigenvalue weighted by atomic mass is 9.53. The van der Waals surface area contributed by atoms with E-state index in [4.69, 9.17) is 14.2 Å². The molecule has 1 amide bonds. The summed E-state index contributed by atoms with van der Waals surface area (Å²) in [6, 6.07) is 4.13. The predicted molar refractivity (Wildman–Crippen MR) is 96.8 cm³/mol. The summed E-state index contributed by atoms with van der Waals surface area (Å²) >= 11 is 0. The maximum atomic E-state index is 12.3. The lowest BCUT2D eigenvalue weighted by molar-refractivity contribution is -0.153. The van der Waals surface area contributed by atoms with Crippen molar-refractivity contribution < 1.29 is 23.8 Å². The average Bonchev–Trinajstić information content (AvgIpc) is 2.96. The van der Waals surface area contributed by atoms with Crippen molar-refractivity contribution in [2.75, 3.05) is 13.7 Å². The summed E-state index contributed by atoms with van der Waals surface area (Å²) in [5.41, 5.74) is 2.11. The number of esters is 1. The number of hydrogen-bond donors (Lipinski definition) is 0. The molecule has 1 aromatic carbocycles. The first-order chi connectivity index (χ1) is 13.0. The highest BCUT2D eigenvalue weighted by Gasteiger charge is 2.65. The molecule has 1 spiro atoms. The summed E-state index contributed by atoms with van der Waals surface area (Å²) in [5.74, 6) is 1.43. The van der Waals surface area contributed by atoms with Crippen LogP contribution in [0, 0.1) is 5.92 Å². The Morgan fingerprint density at radius 1 is 1.26 bits per heavy atom. The lowest BCUT2D eigenvalue weighted by Gasteiger charge is -2.57.